The van der Waals surface area contributed by atoms with Crippen molar-refractivity contribution < 1.29 is 14.4 Å². The number of nitrogens with one attached hydrogen (secondary N) is 1. The molecule has 0 radical (unpaired) electrons. The maximum Gasteiger partial charge on any atom is 0.294 e. The minimum absolute atomic E-state index is 0.0125. The average molecular weight is 270 g/mol. The van der Waals surface area contributed by atoms with E-state index in [1.807, 2.05) is 19.1 Å². The third-order valence-corrected chi connectivity index (χ3v) is 2.54. The molecule has 0 saturated carbocycles. The predicted octanol–water partition coefficient (Wildman–Crippen LogP) is 1.97. The summed E-state index contributed by atoms with van der Waals surface area (Å²) in [6.07, 6.45) is 1.80. The van der Waals surface area contributed by atoms with Gasteiger partial charge in [-0.2, -0.15) is 0 Å². The van der Waals surface area contributed by atoms with Crippen molar-refractivity contribution >= 4 is 11.6 Å². The molecule has 0 spiro atoms. The number of aliphatic hydroxyl groups excluding tert-OH is 1. The predicted molar refractivity (Wildman–Crippen MR) is 74.2 cm³/mol. The number of carbonyl (C=O) groups excluding carboxylic acids is 1. The lowest BCUT2D eigenvalue weighted by Gasteiger charge is -2.06. The van der Waals surface area contributed by atoms with E-state index in [-0.39, 0.29) is 18.3 Å². The molecule has 102 valence electrons. The van der Waals surface area contributed by atoms with Gasteiger partial charge in [-0.05, 0) is 24.6 Å². The number of amides is 1. The van der Waals surface area contributed by atoms with Crippen molar-refractivity contribution in [3.05, 3.63) is 47.3 Å². The molecule has 5 heteroatoms. The molecule has 0 bridgehead atoms. The number of aromatic nitrogens is 1. The summed E-state index contributed by atoms with van der Waals surface area (Å²) < 4.78 is 4.80. The SMILES string of the molecule is Cc1ccc(NC(=O)c2ccno2)c(C#CCCO)c1. The summed E-state index contributed by atoms with van der Waals surface area (Å²) >= 11 is 0. The van der Waals surface area contributed by atoms with E-state index < -0.39 is 0 Å². The number of nitrogens with zero attached hydrogens (tertiary/aromatic N) is 1. The summed E-state index contributed by atoms with van der Waals surface area (Å²) in [5.74, 6) is 5.54. The van der Waals surface area contributed by atoms with Crippen molar-refractivity contribution in [2.24, 2.45) is 0 Å². The number of anilines is 1. The van der Waals surface area contributed by atoms with Gasteiger partial charge in [0.05, 0.1) is 18.5 Å². The second-order valence-corrected chi connectivity index (χ2v) is 4.16. The van der Waals surface area contributed by atoms with E-state index in [4.69, 9.17) is 9.63 Å². The monoisotopic (exact) mass is 270 g/mol. The third kappa shape index (κ3) is 3.46. The van der Waals surface area contributed by atoms with Gasteiger partial charge in [-0.15, -0.1) is 0 Å². The van der Waals surface area contributed by atoms with Crippen molar-refractivity contribution in [3.63, 3.8) is 0 Å². The summed E-state index contributed by atoms with van der Waals surface area (Å²) in [7, 11) is 0. The molecular weight excluding hydrogens is 256 g/mol. The van der Waals surface area contributed by atoms with Crippen molar-refractivity contribution in [3.8, 4) is 11.8 Å². The number of hydrogen-bond donors (Lipinski definition) is 2. The van der Waals surface area contributed by atoms with Crippen LogP contribution in [-0.4, -0.2) is 22.8 Å². The minimum Gasteiger partial charge on any atom is -0.395 e. The first-order valence-electron chi connectivity index (χ1n) is 6.13. The molecule has 0 saturated heterocycles. The highest BCUT2D eigenvalue weighted by atomic mass is 16.5. The zero-order chi connectivity index (χ0) is 14.4. The lowest BCUT2D eigenvalue weighted by Crippen LogP contribution is -2.12. The molecule has 0 aliphatic heterocycles. The lowest BCUT2D eigenvalue weighted by molar-refractivity contribution is 0.0988. The van der Waals surface area contributed by atoms with Crippen LogP contribution in [0, 0.1) is 18.8 Å². The number of aliphatic hydroxyl groups is 1. The summed E-state index contributed by atoms with van der Waals surface area (Å²) in [4.78, 5) is 11.9. The Labute approximate surface area is 116 Å². The van der Waals surface area contributed by atoms with Crippen LogP contribution in [0.2, 0.25) is 0 Å². The Balaban J connectivity index is 2.23. The maximum absolute atomic E-state index is 11.9. The van der Waals surface area contributed by atoms with Gasteiger partial charge < -0.3 is 14.9 Å². The fourth-order valence-corrected chi connectivity index (χ4v) is 1.60. The first kappa shape index (κ1) is 13.8. The molecule has 2 aromatic rings. The molecule has 0 fully saturated rings. The normalized spacial score (nSPS) is 9.70. The molecule has 0 aliphatic carbocycles. The van der Waals surface area contributed by atoms with Crippen molar-refractivity contribution in [1.82, 2.24) is 5.16 Å². The van der Waals surface area contributed by atoms with Crippen LogP contribution in [0.4, 0.5) is 5.69 Å². The van der Waals surface area contributed by atoms with Crippen LogP contribution in [0.1, 0.15) is 28.1 Å². The Morgan fingerprint density at radius 1 is 1.45 bits per heavy atom. The van der Waals surface area contributed by atoms with Crippen LogP contribution in [0.25, 0.3) is 0 Å². The van der Waals surface area contributed by atoms with Crippen LogP contribution in [-0.2, 0) is 0 Å². The molecule has 2 N–H and O–H groups in total. The Hall–Kier alpha value is -2.58. The van der Waals surface area contributed by atoms with E-state index >= 15 is 0 Å². The minimum atomic E-state index is -0.378. The van der Waals surface area contributed by atoms with E-state index in [2.05, 4.69) is 22.3 Å². The second kappa shape index (κ2) is 6.55. The van der Waals surface area contributed by atoms with Crippen molar-refractivity contribution in [2.75, 3.05) is 11.9 Å². The zero-order valence-electron chi connectivity index (χ0n) is 11.0. The highest BCUT2D eigenvalue weighted by Crippen LogP contribution is 2.17. The summed E-state index contributed by atoms with van der Waals surface area (Å²) in [5.41, 5.74) is 2.34. The topological polar surface area (TPSA) is 75.4 Å². The van der Waals surface area contributed by atoms with E-state index in [1.165, 1.54) is 12.3 Å². The van der Waals surface area contributed by atoms with Crippen LogP contribution < -0.4 is 5.32 Å². The van der Waals surface area contributed by atoms with Gasteiger partial charge in [-0.1, -0.05) is 23.1 Å². The molecule has 2 rings (SSSR count). The molecule has 20 heavy (non-hydrogen) atoms. The first-order valence-corrected chi connectivity index (χ1v) is 6.13. The van der Waals surface area contributed by atoms with Crippen LogP contribution >= 0.6 is 0 Å². The highest BCUT2D eigenvalue weighted by Gasteiger charge is 2.11. The fraction of sp³-hybridized carbons (Fsp3) is 0.200. The van der Waals surface area contributed by atoms with E-state index in [9.17, 15) is 4.79 Å². The van der Waals surface area contributed by atoms with E-state index in [1.54, 1.807) is 6.07 Å². The zero-order valence-corrected chi connectivity index (χ0v) is 11.0. The number of carbonyl (C=O) groups is 1. The van der Waals surface area contributed by atoms with Gasteiger partial charge in [0.2, 0.25) is 5.76 Å². The largest absolute Gasteiger partial charge is 0.395 e. The van der Waals surface area contributed by atoms with Gasteiger partial charge in [-0.3, -0.25) is 4.79 Å². The van der Waals surface area contributed by atoms with E-state index in [0.717, 1.165) is 5.56 Å². The maximum atomic E-state index is 11.9. The number of benzene rings is 1. The van der Waals surface area contributed by atoms with Crippen LogP contribution in [0.3, 0.4) is 0 Å². The molecule has 1 aromatic carbocycles. The summed E-state index contributed by atoms with van der Waals surface area (Å²) in [6.45, 7) is 1.96. The molecule has 0 atom stereocenters. The molecule has 0 aliphatic rings. The first-order chi connectivity index (χ1) is 9.70. The molecular formula is C15H14N2O3. The smallest absolute Gasteiger partial charge is 0.294 e. The molecule has 0 unspecified atom stereocenters. The molecule has 1 amide bonds. The average Bonchev–Trinajstić information content (AvgIpc) is 2.96. The summed E-state index contributed by atoms with van der Waals surface area (Å²) in [6, 6.07) is 7.03. The van der Waals surface area contributed by atoms with Gasteiger partial charge in [-0.25, -0.2) is 0 Å². The molecule has 5 nitrogen and oxygen atoms in total. The van der Waals surface area contributed by atoms with E-state index in [0.29, 0.717) is 17.7 Å². The number of rotatable bonds is 3. The van der Waals surface area contributed by atoms with Gasteiger partial charge in [0.15, 0.2) is 0 Å². The van der Waals surface area contributed by atoms with Gasteiger partial charge in [0.25, 0.3) is 5.91 Å². The van der Waals surface area contributed by atoms with Crippen molar-refractivity contribution in [1.29, 1.82) is 0 Å². The standard InChI is InChI=1S/C15H14N2O3/c1-11-5-6-13(12(10-11)4-2-3-9-18)17-15(19)14-7-8-16-20-14/h5-8,10,18H,3,9H2,1H3,(H,17,19). The van der Waals surface area contributed by atoms with Gasteiger partial charge in [0.1, 0.15) is 0 Å². The lowest BCUT2D eigenvalue weighted by atomic mass is 10.1. The molecule has 1 aromatic heterocycles. The van der Waals surface area contributed by atoms with Gasteiger partial charge in [0, 0.05) is 18.1 Å². The third-order valence-electron chi connectivity index (χ3n) is 2.54. The summed E-state index contributed by atoms with van der Waals surface area (Å²) in [5, 5.41) is 15.0. The Morgan fingerprint density at radius 3 is 3.00 bits per heavy atom. The number of aryl methyl sites for hydroxylation is 1. The molecule has 1 heterocycles. The fourth-order valence-electron chi connectivity index (χ4n) is 1.60. The van der Waals surface area contributed by atoms with Crippen LogP contribution in [0.15, 0.2) is 35.0 Å². The Kier molecular flexibility index (Phi) is 4.53. The number of hydrogen-bond acceptors (Lipinski definition) is 4. The van der Waals surface area contributed by atoms with Crippen LogP contribution in [0.5, 0.6) is 0 Å². The second-order valence-electron chi connectivity index (χ2n) is 4.16. The van der Waals surface area contributed by atoms with Crippen molar-refractivity contribution in [2.45, 2.75) is 13.3 Å². The Bertz CT molecular complexity index is 651. The van der Waals surface area contributed by atoms with Gasteiger partial charge >= 0.3 is 0 Å². The highest BCUT2D eigenvalue weighted by molar-refractivity contribution is 6.02. The Morgan fingerprint density at radius 2 is 2.30 bits per heavy atom. The quantitative estimate of drug-likeness (QED) is 0.836.